The zero-order chi connectivity index (χ0) is 23.8. The minimum atomic E-state index is -2.93. The molecular formula is C21H16ClF4N3O4. The minimum absolute atomic E-state index is 0.117. The molecule has 1 aromatic carbocycles. The van der Waals surface area contributed by atoms with Gasteiger partial charge in [-0.1, -0.05) is 17.7 Å². The molecule has 174 valence electrons. The van der Waals surface area contributed by atoms with E-state index in [1.165, 1.54) is 4.90 Å². The Bertz CT molecular complexity index is 1280. The first-order chi connectivity index (χ1) is 15.5. The summed E-state index contributed by atoms with van der Waals surface area (Å²) in [7, 11) is 0. The van der Waals surface area contributed by atoms with Crippen LogP contribution < -0.4 is 10.7 Å². The molecule has 2 aliphatic heterocycles. The number of alkyl halides is 2. The molecule has 3 aliphatic rings. The summed E-state index contributed by atoms with van der Waals surface area (Å²) in [4.78, 5) is 39.4. The first-order valence-corrected chi connectivity index (χ1v) is 10.5. The fraction of sp³-hybridized carbons (Fsp3) is 0.381. The summed E-state index contributed by atoms with van der Waals surface area (Å²) in [5.41, 5.74) is -2.19. The molecule has 2 N–H and O–H groups in total. The van der Waals surface area contributed by atoms with Crippen molar-refractivity contribution in [2.75, 3.05) is 0 Å². The fourth-order valence-corrected chi connectivity index (χ4v) is 5.32. The fourth-order valence-electron chi connectivity index (χ4n) is 5.14. The van der Waals surface area contributed by atoms with Gasteiger partial charge >= 0.3 is 0 Å². The van der Waals surface area contributed by atoms with Gasteiger partial charge in [0.25, 0.3) is 17.7 Å². The number of nitrogens with one attached hydrogen (secondary N) is 1. The van der Waals surface area contributed by atoms with Crippen molar-refractivity contribution in [3.8, 4) is 5.75 Å². The van der Waals surface area contributed by atoms with Crippen LogP contribution in [0.5, 0.6) is 5.75 Å². The number of piperidine rings is 1. The first-order valence-electron chi connectivity index (χ1n) is 10.1. The maximum absolute atomic E-state index is 14.2. The van der Waals surface area contributed by atoms with Crippen molar-refractivity contribution >= 4 is 23.4 Å². The van der Waals surface area contributed by atoms with E-state index in [1.807, 2.05) is 0 Å². The third-order valence-electron chi connectivity index (χ3n) is 6.67. The normalized spacial score (nSPS) is 24.6. The van der Waals surface area contributed by atoms with Gasteiger partial charge in [-0.25, -0.2) is 17.6 Å². The zero-order valence-corrected chi connectivity index (χ0v) is 17.5. The molecule has 2 bridgehead atoms. The molecule has 1 aromatic heterocycles. The Balaban J connectivity index is 1.45. The van der Waals surface area contributed by atoms with Crippen molar-refractivity contribution in [3.63, 3.8) is 0 Å². The number of aromatic hydroxyl groups is 1. The summed E-state index contributed by atoms with van der Waals surface area (Å²) in [6.07, 6.45) is 0.692. The van der Waals surface area contributed by atoms with Crippen molar-refractivity contribution in [2.24, 2.45) is 5.92 Å². The number of benzene rings is 1. The number of hydrogen-bond donors (Lipinski definition) is 2. The lowest BCUT2D eigenvalue weighted by Gasteiger charge is -2.42. The molecule has 3 unspecified atom stereocenters. The van der Waals surface area contributed by atoms with Crippen molar-refractivity contribution in [1.29, 1.82) is 0 Å². The van der Waals surface area contributed by atoms with Gasteiger partial charge in [-0.2, -0.15) is 0 Å². The van der Waals surface area contributed by atoms with Gasteiger partial charge in [0.05, 0.1) is 6.04 Å². The Morgan fingerprint density at radius 2 is 2.00 bits per heavy atom. The summed E-state index contributed by atoms with van der Waals surface area (Å²) in [5, 5.41) is 11.9. The maximum atomic E-state index is 14.2. The number of nitrogens with zero attached hydrogens (tertiary/aromatic N) is 2. The second-order valence-electron chi connectivity index (χ2n) is 8.48. The second kappa shape index (κ2) is 7.21. The van der Waals surface area contributed by atoms with E-state index >= 15 is 0 Å². The number of fused-ring (bicyclic) bond motifs is 6. The van der Waals surface area contributed by atoms with Crippen LogP contribution in [0.1, 0.15) is 39.3 Å². The predicted molar refractivity (Wildman–Crippen MR) is 106 cm³/mol. The van der Waals surface area contributed by atoms with Crippen LogP contribution in [0.2, 0.25) is 5.02 Å². The van der Waals surface area contributed by atoms with E-state index in [1.54, 1.807) is 0 Å². The summed E-state index contributed by atoms with van der Waals surface area (Å²) < 4.78 is 57.0. The van der Waals surface area contributed by atoms with Crippen LogP contribution in [0.3, 0.4) is 0 Å². The van der Waals surface area contributed by atoms with Crippen molar-refractivity contribution < 1.29 is 32.3 Å². The molecule has 7 nitrogen and oxygen atoms in total. The second-order valence-corrected chi connectivity index (χ2v) is 8.86. The molecule has 33 heavy (non-hydrogen) atoms. The molecule has 0 radical (unpaired) electrons. The number of halogens is 5. The molecule has 12 heteroatoms. The van der Waals surface area contributed by atoms with E-state index in [9.17, 15) is 37.1 Å². The van der Waals surface area contributed by atoms with Gasteiger partial charge < -0.3 is 19.9 Å². The Morgan fingerprint density at radius 1 is 1.27 bits per heavy atom. The van der Waals surface area contributed by atoms with Crippen molar-refractivity contribution in [2.45, 2.75) is 43.9 Å². The van der Waals surface area contributed by atoms with Crippen LogP contribution in [-0.4, -0.2) is 44.4 Å². The number of pyridine rings is 1. The third kappa shape index (κ3) is 3.12. The molecule has 0 spiro atoms. The molecule has 1 aliphatic carbocycles. The van der Waals surface area contributed by atoms with Crippen molar-refractivity contribution in [1.82, 2.24) is 14.8 Å². The largest absolute Gasteiger partial charge is 0.503 e. The number of amides is 2. The van der Waals surface area contributed by atoms with Gasteiger partial charge in [-0.15, -0.1) is 0 Å². The lowest BCUT2D eigenvalue weighted by atomic mass is 9.92. The van der Waals surface area contributed by atoms with E-state index in [4.69, 9.17) is 11.6 Å². The molecule has 2 aromatic rings. The molecule has 2 amide bonds. The van der Waals surface area contributed by atoms with Gasteiger partial charge in [-0.3, -0.25) is 14.4 Å². The van der Waals surface area contributed by atoms with E-state index in [0.717, 1.165) is 22.9 Å². The van der Waals surface area contributed by atoms with Crippen LogP contribution in [0, 0.1) is 17.6 Å². The van der Waals surface area contributed by atoms with E-state index in [-0.39, 0.29) is 24.2 Å². The Morgan fingerprint density at radius 3 is 2.73 bits per heavy atom. The smallest absolute Gasteiger partial charge is 0.275 e. The standard InChI is InChI=1S/C21H16ClF4N3O4/c22-14-12(23)2-1-8(15(14)24)5-27-19(32)10-6-28-7-13-11-3-9(4-21(11,25)26)29(13)20(33)16(28)18(31)17(10)30/h1-2,6,9,11,13,31H,3-5,7H2,(H,27,32). The number of carbonyl (C=O) groups is 2. The van der Waals surface area contributed by atoms with Gasteiger partial charge in [-0.05, 0) is 12.5 Å². The van der Waals surface area contributed by atoms with Gasteiger partial charge in [0.2, 0.25) is 5.43 Å². The van der Waals surface area contributed by atoms with Crippen LogP contribution in [0.25, 0.3) is 0 Å². The van der Waals surface area contributed by atoms with Crippen LogP contribution in [-0.2, 0) is 13.1 Å². The molecule has 2 fully saturated rings. The predicted octanol–water partition coefficient (Wildman–Crippen LogP) is 2.67. The Hall–Kier alpha value is -3.08. The van der Waals surface area contributed by atoms with E-state index < -0.39 is 82.1 Å². The summed E-state index contributed by atoms with van der Waals surface area (Å²) in [6, 6.07) is 0.476. The number of carbonyl (C=O) groups excluding carboxylic acids is 2. The molecule has 3 heterocycles. The third-order valence-corrected chi connectivity index (χ3v) is 7.01. The number of rotatable bonds is 3. The van der Waals surface area contributed by atoms with Crippen LogP contribution in [0.4, 0.5) is 17.6 Å². The highest BCUT2D eigenvalue weighted by atomic mass is 35.5. The lowest BCUT2D eigenvalue weighted by molar-refractivity contribution is -0.0887. The molecule has 1 saturated carbocycles. The Kier molecular flexibility index (Phi) is 4.75. The number of aromatic nitrogens is 1. The molecular weight excluding hydrogens is 470 g/mol. The quantitative estimate of drug-likeness (QED) is 0.516. The summed E-state index contributed by atoms with van der Waals surface area (Å²) >= 11 is 5.51. The highest BCUT2D eigenvalue weighted by molar-refractivity contribution is 6.30. The average Bonchev–Trinajstić information content (AvgIpc) is 3.27. The van der Waals surface area contributed by atoms with Crippen molar-refractivity contribution in [3.05, 3.63) is 62.0 Å². The van der Waals surface area contributed by atoms with Gasteiger partial charge in [0.15, 0.2) is 11.4 Å². The monoisotopic (exact) mass is 485 g/mol. The Labute approximate surface area is 188 Å². The van der Waals surface area contributed by atoms with E-state index in [0.29, 0.717) is 0 Å². The van der Waals surface area contributed by atoms with Gasteiger partial charge in [0.1, 0.15) is 22.2 Å². The lowest BCUT2D eigenvalue weighted by Crippen LogP contribution is -2.56. The zero-order valence-electron chi connectivity index (χ0n) is 16.7. The molecule has 1 saturated heterocycles. The van der Waals surface area contributed by atoms with Crippen LogP contribution in [0.15, 0.2) is 23.1 Å². The highest BCUT2D eigenvalue weighted by Gasteiger charge is 2.63. The molecule has 3 atom stereocenters. The van der Waals surface area contributed by atoms with Gasteiger partial charge in [0, 0.05) is 43.2 Å². The summed E-state index contributed by atoms with van der Waals surface area (Å²) in [5.74, 6) is -8.73. The maximum Gasteiger partial charge on any atom is 0.275 e. The topological polar surface area (TPSA) is 91.6 Å². The van der Waals surface area contributed by atoms with E-state index in [2.05, 4.69) is 5.32 Å². The summed E-state index contributed by atoms with van der Waals surface area (Å²) in [6.45, 7) is -0.563. The highest BCUT2D eigenvalue weighted by Crippen LogP contribution is 2.53. The molecule has 5 rings (SSSR count). The minimum Gasteiger partial charge on any atom is -0.503 e. The van der Waals surface area contributed by atoms with Crippen LogP contribution >= 0.6 is 11.6 Å². The average molecular weight is 486 g/mol. The first kappa shape index (κ1) is 21.7. The SMILES string of the molecule is O=C(NCc1ccc(F)c(Cl)c1F)c1cn2c(c(O)c1=O)C(=O)N1C3CC(C1C2)C(F)(F)C3. The number of hydrogen-bond acceptors (Lipinski definition) is 4.